The maximum absolute atomic E-state index is 12.6. The Morgan fingerprint density at radius 2 is 1.22 bits per heavy atom. The number of aliphatic carboxylic acids is 3. The van der Waals surface area contributed by atoms with E-state index >= 15 is 0 Å². The monoisotopic (exact) mass is 672 g/mol. The van der Waals surface area contributed by atoms with Gasteiger partial charge in [-0.3, -0.25) is 19.6 Å². The Labute approximate surface area is 248 Å². The molecule has 1 aromatic heterocycles. The van der Waals surface area contributed by atoms with Crippen molar-refractivity contribution >= 4 is 23.8 Å². The van der Waals surface area contributed by atoms with Crippen LogP contribution in [0.3, 0.4) is 0 Å². The van der Waals surface area contributed by atoms with Gasteiger partial charge in [0.1, 0.15) is 11.6 Å². The Balaban J connectivity index is 0.000000396. The number of amides is 1. The lowest BCUT2D eigenvalue weighted by Gasteiger charge is -2.55. The summed E-state index contributed by atoms with van der Waals surface area (Å²) in [5.41, 5.74) is 1.19. The van der Waals surface area contributed by atoms with Crippen molar-refractivity contribution in [3.05, 3.63) is 30.1 Å². The lowest BCUT2D eigenvalue weighted by Crippen LogP contribution is -2.72. The number of carbonyl (C=O) groups is 4. The minimum Gasteiger partial charge on any atom is -0.475 e. The summed E-state index contributed by atoms with van der Waals surface area (Å²) in [5, 5.41) is 21.4. The van der Waals surface area contributed by atoms with Crippen LogP contribution in [0.25, 0.3) is 0 Å². The van der Waals surface area contributed by atoms with E-state index in [2.05, 4.69) is 34.0 Å². The number of alkyl halides is 9. The van der Waals surface area contributed by atoms with Crippen LogP contribution >= 0.6 is 0 Å². The molecule has 1 amide bonds. The fourth-order valence-electron chi connectivity index (χ4n) is 4.22. The summed E-state index contributed by atoms with van der Waals surface area (Å²) >= 11 is 0. The number of pyridine rings is 1. The third kappa shape index (κ3) is 13.4. The molecule has 4 rings (SSSR count). The van der Waals surface area contributed by atoms with E-state index in [1.54, 1.807) is 0 Å². The number of hydrogen-bond acceptors (Lipinski definition) is 8. The normalized spacial score (nSPS) is 19.9. The smallest absolute Gasteiger partial charge is 0.475 e. The first-order chi connectivity index (χ1) is 20.5. The van der Waals surface area contributed by atoms with Crippen molar-refractivity contribution in [2.24, 2.45) is 0 Å². The van der Waals surface area contributed by atoms with Gasteiger partial charge in [0.05, 0.1) is 6.61 Å². The first-order valence-electron chi connectivity index (χ1n) is 12.6. The van der Waals surface area contributed by atoms with Crippen LogP contribution in [-0.2, 0) is 30.5 Å². The summed E-state index contributed by atoms with van der Waals surface area (Å²) < 4.78 is 101. The van der Waals surface area contributed by atoms with Crippen LogP contribution in [0.1, 0.15) is 18.4 Å². The molecule has 1 aromatic rings. The molecule has 3 aliphatic rings. The third-order valence-corrected chi connectivity index (χ3v) is 6.23. The quantitative estimate of drug-likeness (QED) is 0.405. The summed E-state index contributed by atoms with van der Waals surface area (Å²) in [6, 6.07) is 4.01. The van der Waals surface area contributed by atoms with Gasteiger partial charge in [-0.05, 0) is 37.6 Å². The number of nitrogens with zero attached hydrogens (tertiary/aromatic N) is 4. The summed E-state index contributed by atoms with van der Waals surface area (Å²) in [6.07, 6.45) is -9.30. The van der Waals surface area contributed by atoms with E-state index in [0.717, 1.165) is 52.1 Å². The first-order valence-corrected chi connectivity index (χ1v) is 12.6. The topological polar surface area (TPSA) is 161 Å². The van der Waals surface area contributed by atoms with E-state index in [1.165, 1.54) is 5.56 Å². The number of rotatable bonds is 3. The van der Waals surface area contributed by atoms with Crippen molar-refractivity contribution in [1.29, 1.82) is 0 Å². The number of halogens is 9. The molecule has 0 saturated carbocycles. The highest BCUT2D eigenvalue weighted by molar-refractivity contribution is 5.82. The maximum atomic E-state index is 12.6. The fraction of sp³-hybridized carbons (Fsp3) is 0.625. The van der Waals surface area contributed by atoms with Crippen molar-refractivity contribution in [2.45, 2.75) is 49.6 Å². The van der Waals surface area contributed by atoms with E-state index < -0.39 is 36.4 Å². The number of likely N-dealkylation sites (N-methyl/N-ethyl adjacent to an activating group) is 1. The van der Waals surface area contributed by atoms with Gasteiger partial charge in [0.15, 0.2) is 0 Å². The van der Waals surface area contributed by atoms with E-state index in [9.17, 15) is 44.3 Å². The molecule has 3 saturated heterocycles. The highest BCUT2D eigenvalue weighted by Gasteiger charge is 2.50. The molecule has 1 spiro atoms. The minimum absolute atomic E-state index is 0.0937. The van der Waals surface area contributed by atoms with E-state index in [1.807, 2.05) is 17.3 Å². The van der Waals surface area contributed by atoms with Crippen LogP contribution in [0.15, 0.2) is 24.5 Å². The Bertz CT molecular complexity index is 1080. The number of hydrogen-bond donors (Lipinski definition) is 3. The third-order valence-electron chi connectivity index (χ3n) is 6.23. The molecule has 3 aliphatic heterocycles. The lowest BCUT2D eigenvalue weighted by molar-refractivity contribution is -0.201. The van der Waals surface area contributed by atoms with Gasteiger partial charge < -0.3 is 25.0 Å². The molecule has 21 heteroatoms. The average Bonchev–Trinajstić information content (AvgIpc) is 3.43. The molecule has 3 fully saturated rings. The molecule has 0 aliphatic carbocycles. The van der Waals surface area contributed by atoms with Crippen molar-refractivity contribution < 1.29 is 78.7 Å². The number of carboxylic acid groups (broad SMARTS) is 3. The number of aromatic nitrogens is 1. The molecular formula is C24H29F9N4O8. The van der Waals surface area contributed by atoms with Crippen LogP contribution in [0.2, 0.25) is 0 Å². The predicted octanol–water partition coefficient (Wildman–Crippen LogP) is 2.49. The van der Waals surface area contributed by atoms with Crippen molar-refractivity contribution in [1.82, 2.24) is 19.7 Å². The summed E-state index contributed by atoms with van der Waals surface area (Å²) in [6.45, 7) is 5.99. The molecule has 4 heterocycles. The zero-order chi connectivity index (χ0) is 34.8. The number of likely N-dealkylation sites (tertiary alicyclic amines) is 2. The second-order valence-electron chi connectivity index (χ2n) is 9.87. The second kappa shape index (κ2) is 16.0. The van der Waals surface area contributed by atoms with Gasteiger partial charge in [0.2, 0.25) is 5.91 Å². The van der Waals surface area contributed by atoms with Gasteiger partial charge >= 0.3 is 36.4 Å². The Kier molecular flexibility index (Phi) is 14.0. The molecular weight excluding hydrogens is 643 g/mol. The minimum atomic E-state index is -5.08. The molecule has 12 nitrogen and oxygen atoms in total. The van der Waals surface area contributed by atoms with Gasteiger partial charge in [-0.1, -0.05) is 0 Å². The Morgan fingerprint density at radius 1 is 0.822 bits per heavy atom. The highest BCUT2D eigenvalue weighted by Crippen LogP contribution is 2.32. The van der Waals surface area contributed by atoms with E-state index in [0.29, 0.717) is 6.61 Å². The van der Waals surface area contributed by atoms with E-state index in [-0.39, 0.29) is 17.6 Å². The Hall–Kier alpha value is -3.72. The molecule has 0 aromatic carbocycles. The highest BCUT2D eigenvalue weighted by atomic mass is 19.4. The largest absolute Gasteiger partial charge is 0.490 e. The molecule has 1 unspecified atom stereocenters. The standard InChI is InChI=1S/C18H26N4O2.3C2HF3O2/c1-20-12-18(13-21(14-18)10-15-4-6-19-7-5-15)24-11-16(20)17(23)22-8-2-3-9-22;3*3-2(4,5)1(6)7/h4-7,16H,2-3,8-14H2,1H3;3*(H,6,7). The average molecular weight is 672 g/mol. The zero-order valence-electron chi connectivity index (χ0n) is 23.3. The van der Waals surface area contributed by atoms with E-state index in [4.69, 9.17) is 34.4 Å². The molecule has 0 bridgehead atoms. The summed E-state index contributed by atoms with van der Waals surface area (Å²) in [4.78, 5) is 50.0. The van der Waals surface area contributed by atoms with Crippen LogP contribution in [0.5, 0.6) is 0 Å². The maximum Gasteiger partial charge on any atom is 0.490 e. The lowest BCUT2D eigenvalue weighted by atomic mass is 9.90. The van der Waals surface area contributed by atoms with Crippen molar-refractivity contribution in [2.75, 3.05) is 46.4 Å². The van der Waals surface area contributed by atoms with Crippen molar-refractivity contribution in [3.8, 4) is 0 Å². The summed E-state index contributed by atoms with van der Waals surface area (Å²) in [7, 11) is 2.06. The summed E-state index contributed by atoms with van der Waals surface area (Å²) in [5.74, 6) is -8.02. The molecule has 0 radical (unpaired) electrons. The number of morpholine rings is 1. The van der Waals surface area contributed by atoms with Crippen LogP contribution in [-0.4, -0.2) is 135 Å². The van der Waals surface area contributed by atoms with Crippen LogP contribution in [0, 0.1) is 0 Å². The number of carbonyl (C=O) groups excluding carboxylic acids is 1. The van der Waals surface area contributed by atoms with Gasteiger partial charge in [0.25, 0.3) is 0 Å². The first kappa shape index (κ1) is 39.3. The molecule has 3 N–H and O–H groups in total. The van der Waals surface area contributed by atoms with Gasteiger partial charge in [-0.25, -0.2) is 14.4 Å². The van der Waals surface area contributed by atoms with Gasteiger partial charge in [-0.15, -0.1) is 0 Å². The van der Waals surface area contributed by atoms with Crippen molar-refractivity contribution in [3.63, 3.8) is 0 Å². The fourth-order valence-corrected chi connectivity index (χ4v) is 4.22. The molecule has 1 atom stereocenters. The molecule has 256 valence electrons. The van der Waals surface area contributed by atoms with Crippen LogP contribution < -0.4 is 0 Å². The van der Waals surface area contributed by atoms with Gasteiger partial charge in [0, 0.05) is 51.7 Å². The zero-order valence-corrected chi connectivity index (χ0v) is 23.3. The number of carboxylic acids is 3. The van der Waals surface area contributed by atoms with Gasteiger partial charge in [-0.2, -0.15) is 39.5 Å². The number of ether oxygens (including phenoxy) is 1. The Morgan fingerprint density at radius 3 is 1.58 bits per heavy atom. The SMILES string of the molecule is CN1CC2(CN(Cc3ccncc3)C2)OCC1C(=O)N1CCCC1.O=C(O)C(F)(F)F.O=C(O)C(F)(F)F.O=C(O)C(F)(F)F. The predicted molar refractivity (Wildman–Crippen MR) is 132 cm³/mol. The van der Waals surface area contributed by atoms with Crippen LogP contribution in [0.4, 0.5) is 39.5 Å². The second-order valence-corrected chi connectivity index (χ2v) is 9.87. The molecule has 45 heavy (non-hydrogen) atoms.